The largest absolute Gasteiger partial charge is 0.468 e. The Labute approximate surface area is 160 Å². The molecule has 0 saturated heterocycles. The standard InChI is InChI=1S/C20H16N2O5S/c23-20-8-5-16-11-18(6-7-19(16)27-20)28(24,25)22(14-17-4-2-10-26-17)13-15-3-1-9-21-12-15/h1-12H,13-14H2. The Bertz CT molecular complexity index is 1250. The highest BCUT2D eigenvalue weighted by Gasteiger charge is 2.26. The number of aromatic nitrogens is 1. The van der Waals surface area contributed by atoms with Crippen LogP contribution in [0.4, 0.5) is 0 Å². The van der Waals surface area contributed by atoms with Gasteiger partial charge in [-0.1, -0.05) is 6.07 Å². The van der Waals surface area contributed by atoms with Crippen molar-refractivity contribution >= 4 is 21.0 Å². The van der Waals surface area contributed by atoms with Crippen molar-refractivity contribution in [3.63, 3.8) is 0 Å². The Hall–Kier alpha value is -3.23. The molecule has 0 aliphatic heterocycles. The molecule has 0 amide bonds. The van der Waals surface area contributed by atoms with E-state index in [4.69, 9.17) is 8.83 Å². The van der Waals surface area contributed by atoms with Crippen LogP contribution in [0.3, 0.4) is 0 Å². The van der Waals surface area contributed by atoms with E-state index in [9.17, 15) is 13.2 Å². The van der Waals surface area contributed by atoms with Crippen molar-refractivity contribution in [1.29, 1.82) is 0 Å². The number of furan rings is 1. The molecule has 8 heteroatoms. The van der Waals surface area contributed by atoms with E-state index in [1.807, 2.05) is 6.07 Å². The molecule has 0 radical (unpaired) electrons. The van der Waals surface area contributed by atoms with Crippen LogP contribution in [0.5, 0.6) is 0 Å². The number of nitrogens with zero attached hydrogens (tertiary/aromatic N) is 2. The summed E-state index contributed by atoms with van der Waals surface area (Å²) in [7, 11) is -3.85. The first-order chi connectivity index (χ1) is 13.5. The van der Waals surface area contributed by atoms with E-state index in [1.165, 1.54) is 40.9 Å². The van der Waals surface area contributed by atoms with Gasteiger partial charge in [-0.25, -0.2) is 13.2 Å². The molecule has 0 aliphatic rings. The van der Waals surface area contributed by atoms with Crippen molar-refractivity contribution in [3.8, 4) is 0 Å². The van der Waals surface area contributed by atoms with Crippen molar-refractivity contribution < 1.29 is 17.3 Å². The maximum atomic E-state index is 13.3. The summed E-state index contributed by atoms with van der Waals surface area (Å²) >= 11 is 0. The molecule has 4 rings (SSSR count). The highest BCUT2D eigenvalue weighted by atomic mass is 32.2. The Kier molecular flexibility index (Phi) is 4.81. The Morgan fingerprint density at radius 2 is 1.89 bits per heavy atom. The lowest BCUT2D eigenvalue weighted by Crippen LogP contribution is -2.30. The molecule has 3 aromatic heterocycles. The maximum absolute atomic E-state index is 13.3. The topological polar surface area (TPSA) is 93.6 Å². The normalized spacial score (nSPS) is 11.9. The molecule has 1 aromatic carbocycles. The molecule has 0 saturated carbocycles. The minimum atomic E-state index is -3.85. The smallest absolute Gasteiger partial charge is 0.336 e. The first-order valence-corrected chi connectivity index (χ1v) is 9.92. The maximum Gasteiger partial charge on any atom is 0.336 e. The van der Waals surface area contributed by atoms with Gasteiger partial charge in [-0.05, 0) is 48.0 Å². The summed E-state index contributed by atoms with van der Waals surface area (Å²) < 4.78 is 38.4. The molecule has 0 unspecified atom stereocenters. The van der Waals surface area contributed by atoms with Crippen LogP contribution < -0.4 is 5.63 Å². The summed E-state index contributed by atoms with van der Waals surface area (Å²) in [6.07, 6.45) is 4.76. The fourth-order valence-electron chi connectivity index (χ4n) is 2.86. The average Bonchev–Trinajstić information content (AvgIpc) is 3.21. The number of sulfonamides is 1. The summed E-state index contributed by atoms with van der Waals surface area (Å²) in [4.78, 5) is 15.5. The highest BCUT2D eigenvalue weighted by molar-refractivity contribution is 7.89. The molecular weight excluding hydrogens is 380 g/mol. The third-order valence-corrected chi connectivity index (χ3v) is 6.01. The third-order valence-electron chi connectivity index (χ3n) is 4.22. The molecular formula is C20H16N2O5S. The molecule has 0 N–H and O–H groups in total. The zero-order valence-electron chi connectivity index (χ0n) is 14.7. The van der Waals surface area contributed by atoms with E-state index < -0.39 is 15.6 Å². The fraction of sp³-hybridized carbons (Fsp3) is 0.100. The van der Waals surface area contributed by atoms with Crippen molar-refractivity contribution in [2.75, 3.05) is 0 Å². The molecule has 0 aliphatic carbocycles. The summed E-state index contributed by atoms with van der Waals surface area (Å²) in [6, 6.07) is 14.2. The molecule has 142 valence electrons. The second kappa shape index (κ2) is 7.41. The van der Waals surface area contributed by atoms with Gasteiger partial charge in [0.05, 0.1) is 17.7 Å². The van der Waals surface area contributed by atoms with Crippen LogP contribution in [0.25, 0.3) is 11.0 Å². The summed E-state index contributed by atoms with van der Waals surface area (Å²) in [5, 5.41) is 0.528. The predicted molar refractivity (Wildman–Crippen MR) is 102 cm³/mol. The van der Waals surface area contributed by atoms with Gasteiger partial charge in [0, 0.05) is 30.4 Å². The van der Waals surface area contributed by atoms with Gasteiger partial charge in [0.15, 0.2) is 0 Å². The van der Waals surface area contributed by atoms with Crippen LogP contribution in [0, 0.1) is 0 Å². The fourth-order valence-corrected chi connectivity index (χ4v) is 4.29. The van der Waals surface area contributed by atoms with Gasteiger partial charge in [0.2, 0.25) is 10.0 Å². The van der Waals surface area contributed by atoms with Crippen LogP contribution in [0.1, 0.15) is 11.3 Å². The van der Waals surface area contributed by atoms with Gasteiger partial charge < -0.3 is 8.83 Å². The van der Waals surface area contributed by atoms with E-state index >= 15 is 0 Å². The van der Waals surface area contributed by atoms with Gasteiger partial charge in [0.1, 0.15) is 11.3 Å². The molecule has 4 aromatic rings. The zero-order chi connectivity index (χ0) is 19.6. The number of fused-ring (bicyclic) bond motifs is 1. The van der Waals surface area contributed by atoms with Crippen LogP contribution in [0.15, 0.2) is 91.8 Å². The van der Waals surface area contributed by atoms with Crippen LogP contribution in [-0.4, -0.2) is 17.7 Å². The second-order valence-electron chi connectivity index (χ2n) is 6.17. The monoisotopic (exact) mass is 396 g/mol. The first kappa shape index (κ1) is 18.1. The Balaban J connectivity index is 1.74. The summed E-state index contributed by atoms with van der Waals surface area (Å²) in [5.74, 6) is 0.527. The zero-order valence-corrected chi connectivity index (χ0v) is 15.5. The number of hydrogen-bond acceptors (Lipinski definition) is 6. The summed E-state index contributed by atoms with van der Waals surface area (Å²) in [5.41, 5.74) is 0.597. The van der Waals surface area contributed by atoms with Crippen molar-refractivity contribution in [1.82, 2.24) is 9.29 Å². The molecule has 3 heterocycles. The van der Waals surface area contributed by atoms with Gasteiger partial charge >= 0.3 is 5.63 Å². The number of benzene rings is 1. The van der Waals surface area contributed by atoms with E-state index in [0.29, 0.717) is 16.7 Å². The molecule has 0 atom stereocenters. The predicted octanol–water partition coefficient (Wildman–Crippen LogP) is 3.17. The highest BCUT2D eigenvalue weighted by Crippen LogP contribution is 2.24. The minimum Gasteiger partial charge on any atom is -0.468 e. The third kappa shape index (κ3) is 3.73. The average molecular weight is 396 g/mol. The van der Waals surface area contributed by atoms with E-state index in [1.54, 1.807) is 30.6 Å². The van der Waals surface area contributed by atoms with Crippen molar-refractivity contribution in [3.05, 3.63) is 95.0 Å². The van der Waals surface area contributed by atoms with Gasteiger partial charge in [0.25, 0.3) is 0 Å². The molecule has 0 fully saturated rings. The van der Waals surface area contributed by atoms with Crippen LogP contribution in [-0.2, 0) is 23.1 Å². The van der Waals surface area contributed by atoms with Gasteiger partial charge in [-0.2, -0.15) is 4.31 Å². The van der Waals surface area contributed by atoms with Gasteiger partial charge in [-0.15, -0.1) is 0 Å². The lowest BCUT2D eigenvalue weighted by molar-refractivity contribution is 0.358. The van der Waals surface area contributed by atoms with Crippen molar-refractivity contribution in [2.45, 2.75) is 18.0 Å². The van der Waals surface area contributed by atoms with Crippen LogP contribution >= 0.6 is 0 Å². The lowest BCUT2D eigenvalue weighted by atomic mass is 10.2. The van der Waals surface area contributed by atoms with Gasteiger partial charge in [-0.3, -0.25) is 4.98 Å². The van der Waals surface area contributed by atoms with E-state index in [0.717, 1.165) is 5.56 Å². The second-order valence-corrected chi connectivity index (χ2v) is 8.11. The first-order valence-electron chi connectivity index (χ1n) is 8.48. The molecule has 7 nitrogen and oxygen atoms in total. The summed E-state index contributed by atoms with van der Waals surface area (Å²) in [6.45, 7) is 0.213. The molecule has 28 heavy (non-hydrogen) atoms. The Morgan fingerprint density at radius 1 is 1.00 bits per heavy atom. The van der Waals surface area contributed by atoms with E-state index in [2.05, 4.69) is 4.98 Å². The SMILES string of the molecule is O=c1ccc2cc(S(=O)(=O)N(Cc3cccnc3)Cc3ccco3)ccc2o1. The quantitative estimate of drug-likeness (QED) is 0.465. The molecule has 0 spiro atoms. The van der Waals surface area contributed by atoms with E-state index in [-0.39, 0.29) is 18.0 Å². The Morgan fingerprint density at radius 3 is 2.64 bits per heavy atom. The number of rotatable bonds is 6. The van der Waals surface area contributed by atoms with Crippen molar-refractivity contribution in [2.24, 2.45) is 0 Å². The number of hydrogen-bond donors (Lipinski definition) is 0. The van der Waals surface area contributed by atoms with Crippen LogP contribution in [0.2, 0.25) is 0 Å². The minimum absolute atomic E-state index is 0.0755. The number of pyridine rings is 1. The molecule has 0 bridgehead atoms. The lowest BCUT2D eigenvalue weighted by Gasteiger charge is -2.21.